The van der Waals surface area contributed by atoms with Crippen LogP contribution in [0.4, 0.5) is 0 Å². The molecule has 0 bridgehead atoms. The molecular formula is C19H26N6O3S. The maximum absolute atomic E-state index is 12.4. The number of thiophene rings is 1. The SMILES string of the molecule is Cn1c(=O)c2sccc2n2c(CCCC(=O)NCCCN3CCOCC3)nnc12. The third-order valence-corrected chi connectivity index (χ3v) is 6.17. The monoisotopic (exact) mass is 418 g/mol. The van der Waals surface area contributed by atoms with Crippen LogP contribution in [0.1, 0.15) is 25.1 Å². The number of nitrogens with one attached hydrogen (secondary N) is 1. The van der Waals surface area contributed by atoms with Crippen LogP contribution in [0.25, 0.3) is 16.0 Å². The summed E-state index contributed by atoms with van der Waals surface area (Å²) in [5, 5.41) is 13.3. The van der Waals surface area contributed by atoms with E-state index in [1.807, 2.05) is 15.8 Å². The topological polar surface area (TPSA) is 93.8 Å². The second-order valence-corrected chi connectivity index (χ2v) is 8.18. The van der Waals surface area contributed by atoms with Gasteiger partial charge in [0.15, 0.2) is 0 Å². The second-order valence-electron chi connectivity index (χ2n) is 7.26. The zero-order chi connectivity index (χ0) is 20.2. The molecule has 1 aliphatic heterocycles. The molecule has 1 fully saturated rings. The van der Waals surface area contributed by atoms with Crippen molar-refractivity contribution >= 4 is 33.2 Å². The second kappa shape index (κ2) is 9.02. The number of aromatic nitrogens is 4. The number of nitrogens with zero attached hydrogens (tertiary/aromatic N) is 5. The fraction of sp³-hybridized carbons (Fsp3) is 0.579. The molecule has 156 valence electrons. The lowest BCUT2D eigenvalue weighted by atomic mass is 10.2. The van der Waals surface area contributed by atoms with Gasteiger partial charge in [0, 0.05) is 39.5 Å². The molecule has 3 aromatic rings. The van der Waals surface area contributed by atoms with Gasteiger partial charge >= 0.3 is 0 Å². The molecule has 0 atom stereocenters. The molecule has 1 aliphatic rings. The summed E-state index contributed by atoms with van der Waals surface area (Å²) >= 11 is 1.42. The van der Waals surface area contributed by atoms with E-state index in [9.17, 15) is 9.59 Å². The van der Waals surface area contributed by atoms with Crippen molar-refractivity contribution in [3.05, 3.63) is 27.6 Å². The van der Waals surface area contributed by atoms with Crippen molar-refractivity contribution in [2.75, 3.05) is 39.4 Å². The quantitative estimate of drug-likeness (QED) is 0.544. The van der Waals surface area contributed by atoms with E-state index >= 15 is 0 Å². The van der Waals surface area contributed by atoms with Gasteiger partial charge in [-0.3, -0.25) is 23.5 Å². The van der Waals surface area contributed by atoms with Crippen LogP contribution in [0.2, 0.25) is 0 Å². The third-order valence-electron chi connectivity index (χ3n) is 5.28. The van der Waals surface area contributed by atoms with E-state index in [1.165, 1.54) is 15.9 Å². The summed E-state index contributed by atoms with van der Waals surface area (Å²) in [5.74, 6) is 1.37. The molecule has 0 radical (unpaired) electrons. The fourth-order valence-electron chi connectivity index (χ4n) is 3.67. The van der Waals surface area contributed by atoms with E-state index < -0.39 is 0 Å². The van der Waals surface area contributed by atoms with Crippen LogP contribution in [0.15, 0.2) is 16.2 Å². The van der Waals surface area contributed by atoms with Crippen LogP contribution in [0.5, 0.6) is 0 Å². The van der Waals surface area contributed by atoms with E-state index in [1.54, 1.807) is 7.05 Å². The Hall–Kier alpha value is -2.30. The zero-order valence-electron chi connectivity index (χ0n) is 16.6. The Bertz CT molecular complexity index is 1050. The predicted molar refractivity (Wildman–Crippen MR) is 111 cm³/mol. The van der Waals surface area contributed by atoms with Gasteiger partial charge in [-0.15, -0.1) is 21.5 Å². The van der Waals surface area contributed by atoms with Gasteiger partial charge in [-0.1, -0.05) is 0 Å². The Kier molecular flexibility index (Phi) is 6.22. The Morgan fingerprint density at radius 1 is 1.28 bits per heavy atom. The average molecular weight is 419 g/mol. The first-order valence-corrected chi connectivity index (χ1v) is 10.9. The van der Waals surface area contributed by atoms with Crippen molar-refractivity contribution < 1.29 is 9.53 Å². The average Bonchev–Trinajstić information content (AvgIpc) is 3.37. The van der Waals surface area contributed by atoms with Crippen molar-refractivity contribution in [3.8, 4) is 0 Å². The van der Waals surface area contributed by atoms with Crippen molar-refractivity contribution in [1.29, 1.82) is 0 Å². The molecule has 1 amide bonds. The summed E-state index contributed by atoms with van der Waals surface area (Å²) in [6.07, 6.45) is 2.71. The van der Waals surface area contributed by atoms with Gasteiger partial charge in [0.25, 0.3) is 5.56 Å². The molecular weight excluding hydrogens is 392 g/mol. The number of rotatable bonds is 8. The Balaban J connectivity index is 1.28. The molecule has 4 rings (SSSR count). The van der Waals surface area contributed by atoms with Gasteiger partial charge in [0.05, 0.1) is 18.7 Å². The number of ether oxygens (including phenoxy) is 1. The summed E-state index contributed by atoms with van der Waals surface area (Å²) in [4.78, 5) is 26.9. The van der Waals surface area contributed by atoms with Crippen LogP contribution in [0, 0.1) is 0 Å². The number of aryl methyl sites for hydroxylation is 2. The number of amides is 1. The number of carbonyl (C=O) groups is 1. The number of morpholine rings is 1. The number of carbonyl (C=O) groups excluding carboxylic acids is 1. The summed E-state index contributed by atoms with van der Waals surface area (Å²) in [7, 11) is 1.71. The maximum Gasteiger partial charge on any atom is 0.272 e. The smallest absolute Gasteiger partial charge is 0.272 e. The lowest BCUT2D eigenvalue weighted by Crippen LogP contribution is -2.38. The van der Waals surface area contributed by atoms with E-state index in [4.69, 9.17) is 4.74 Å². The molecule has 1 saturated heterocycles. The largest absolute Gasteiger partial charge is 0.379 e. The van der Waals surface area contributed by atoms with Crippen LogP contribution < -0.4 is 10.9 Å². The van der Waals surface area contributed by atoms with Crippen LogP contribution in [-0.4, -0.2) is 69.4 Å². The van der Waals surface area contributed by atoms with Crippen LogP contribution in [-0.2, 0) is 23.0 Å². The lowest BCUT2D eigenvalue weighted by Gasteiger charge is -2.26. The van der Waals surface area contributed by atoms with E-state index in [-0.39, 0.29) is 11.5 Å². The third kappa shape index (κ3) is 4.34. The molecule has 3 aromatic heterocycles. The highest BCUT2D eigenvalue weighted by molar-refractivity contribution is 7.17. The van der Waals surface area contributed by atoms with Crippen LogP contribution in [0.3, 0.4) is 0 Å². The Labute approximate surface area is 172 Å². The summed E-state index contributed by atoms with van der Waals surface area (Å²) in [6.45, 7) is 5.24. The molecule has 0 unspecified atom stereocenters. The minimum absolute atomic E-state index is 0.0575. The lowest BCUT2D eigenvalue weighted by molar-refractivity contribution is -0.121. The van der Waals surface area contributed by atoms with Crippen molar-refractivity contribution in [2.24, 2.45) is 7.05 Å². The van der Waals surface area contributed by atoms with E-state index in [0.717, 1.165) is 50.6 Å². The molecule has 29 heavy (non-hydrogen) atoms. The first-order chi connectivity index (χ1) is 14.1. The molecule has 0 aromatic carbocycles. The molecule has 4 heterocycles. The summed E-state index contributed by atoms with van der Waals surface area (Å²) in [6, 6.07) is 1.92. The number of hydrogen-bond acceptors (Lipinski definition) is 7. The van der Waals surface area contributed by atoms with E-state index in [2.05, 4.69) is 20.4 Å². The van der Waals surface area contributed by atoms with Crippen molar-refractivity contribution in [1.82, 2.24) is 29.4 Å². The first-order valence-electron chi connectivity index (χ1n) is 10.0. The van der Waals surface area contributed by atoms with Gasteiger partial charge in [0.2, 0.25) is 11.7 Å². The van der Waals surface area contributed by atoms with Crippen LogP contribution >= 0.6 is 11.3 Å². The fourth-order valence-corrected chi connectivity index (χ4v) is 4.52. The summed E-state index contributed by atoms with van der Waals surface area (Å²) in [5.41, 5.74) is 0.776. The minimum atomic E-state index is -0.0575. The zero-order valence-corrected chi connectivity index (χ0v) is 17.4. The van der Waals surface area contributed by atoms with Gasteiger partial charge in [-0.05, 0) is 30.8 Å². The molecule has 1 N–H and O–H groups in total. The first kappa shape index (κ1) is 20.0. The van der Waals surface area contributed by atoms with Crippen molar-refractivity contribution in [3.63, 3.8) is 0 Å². The molecule has 0 saturated carbocycles. The highest BCUT2D eigenvalue weighted by atomic mass is 32.1. The predicted octanol–water partition coefficient (Wildman–Crippen LogP) is 0.804. The Morgan fingerprint density at radius 3 is 2.93 bits per heavy atom. The van der Waals surface area contributed by atoms with Gasteiger partial charge < -0.3 is 10.1 Å². The molecule has 0 aliphatic carbocycles. The number of fused-ring (bicyclic) bond motifs is 3. The Morgan fingerprint density at radius 2 is 2.10 bits per heavy atom. The number of hydrogen-bond donors (Lipinski definition) is 1. The normalized spacial score (nSPS) is 15.3. The highest BCUT2D eigenvalue weighted by Crippen LogP contribution is 2.19. The maximum atomic E-state index is 12.4. The minimum Gasteiger partial charge on any atom is -0.379 e. The van der Waals surface area contributed by atoms with Gasteiger partial charge in [-0.25, -0.2) is 0 Å². The standard InChI is InChI=1S/C19H26N6O3S/c1-23-18(27)17-14(6-13-29-17)25-15(21-22-19(23)25)4-2-5-16(26)20-7-3-8-24-9-11-28-12-10-24/h6,13H,2-5,7-12H2,1H3,(H,20,26). The molecule has 9 nitrogen and oxygen atoms in total. The molecule has 0 spiro atoms. The highest BCUT2D eigenvalue weighted by Gasteiger charge is 2.15. The van der Waals surface area contributed by atoms with Crippen molar-refractivity contribution in [2.45, 2.75) is 25.7 Å². The molecule has 10 heteroatoms. The van der Waals surface area contributed by atoms with E-state index in [0.29, 0.717) is 36.3 Å². The van der Waals surface area contributed by atoms with Gasteiger partial charge in [-0.2, -0.15) is 0 Å². The van der Waals surface area contributed by atoms with Gasteiger partial charge in [0.1, 0.15) is 10.5 Å². The summed E-state index contributed by atoms with van der Waals surface area (Å²) < 4.78 is 9.48.